The van der Waals surface area contributed by atoms with Gasteiger partial charge in [-0.3, -0.25) is 4.79 Å². The van der Waals surface area contributed by atoms with E-state index in [4.69, 9.17) is 4.42 Å². The van der Waals surface area contributed by atoms with Gasteiger partial charge in [0.2, 0.25) is 5.91 Å². The van der Waals surface area contributed by atoms with E-state index in [-0.39, 0.29) is 10.7 Å². The third kappa shape index (κ3) is 3.65. The zero-order valence-corrected chi connectivity index (χ0v) is 11.8. The molecule has 0 aliphatic carbocycles. The van der Waals surface area contributed by atoms with Gasteiger partial charge in [-0.05, 0) is 34.5 Å². The SMILES string of the molecule is CCC(Br)C(=O)N(C)Cc1ccc(Br)o1. The fourth-order valence-corrected chi connectivity index (χ4v) is 1.85. The number of carbonyl (C=O) groups is 1. The Morgan fingerprint density at radius 3 is 2.73 bits per heavy atom. The molecule has 0 aliphatic heterocycles. The van der Waals surface area contributed by atoms with Crippen LogP contribution in [0.5, 0.6) is 0 Å². The number of halogens is 2. The molecule has 0 fully saturated rings. The van der Waals surface area contributed by atoms with E-state index in [0.29, 0.717) is 11.2 Å². The van der Waals surface area contributed by atoms with Crippen molar-refractivity contribution in [3.8, 4) is 0 Å². The van der Waals surface area contributed by atoms with Crippen molar-refractivity contribution in [2.24, 2.45) is 0 Å². The molecule has 1 unspecified atom stereocenters. The molecule has 0 bridgehead atoms. The van der Waals surface area contributed by atoms with Crippen molar-refractivity contribution < 1.29 is 9.21 Å². The van der Waals surface area contributed by atoms with Crippen molar-refractivity contribution in [1.29, 1.82) is 0 Å². The minimum atomic E-state index is -0.110. The van der Waals surface area contributed by atoms with Gasteiger partial charge in [-0.2, -0.15) is 0 Å². The van der Waals surface area contributed by atoms with Crippen LogP contribution in [0.25, 0.3) is 0 Å². The van der Waals surface area contributed by atoms with Crippen LogP contribution in [-0.4, -0.2) is 22.7 Å². The number of alkyl halides is 1. The van der Waals surface area contributed by atoms with Crippen molar-refractivity contribution in [3.05, 3.63) is 22.6 Å². The molecule has 84 valence electrons. The van der Waals surface area contributed by atoms with Gasteiger partial charge in [-0.1, -0.05) is 22.9 Å². The van der Waals surface area contributed by atoms with Gasteiger partial charge in [0.05, 0.1) is 11.4 Å². The quantitative estimate of drug-likeness (QED) is 0.790. The lowest BCUT2D eigenvalue weighted by atomic mass is 10.3. The summed E-state index contributed by atoms with van der Waals surface area (Å²) < 4.78 is 6.01. The molecule has 0 N–H and O–H groups in total. The molecule has 1 rings (SSSR count). The first-order valence-electron chi connectivity index (χ1n) is 4.67. The highest BCUT2D eigenvalue weighted by atomic mass is 79.9. The monoisotopic (exact) mass is 337 g/mol. The van der Waals surface area contributed by atoms with Gasteiger partial charge in [-0.15, -0.1) is 0 Å². The molecule has 3 nitrogen and oxygen atoms in total. The van der Waals surface area contributed by atoms with E-state index in [1.165, 1.54) is 0 Å². The van der Waals surface area contributed by atoms with E-state index < -0.39 is 0 Å². The maximum absolute atomic E-state index is 11.7. The predicted octanol–water partition coefficient (Wildman–Crippen LogP) is 3.17. The van der Waals surface area contributed by atoms with Gasteiger partial charge in [0, 0.05) is 7.05 Å². The Morgan fingerprint density at radius 2 is 2.27 bits per heavy atom. The number of amides is 1. The second-order valence-corrected chi connectivity index (χ2v) is 5.16. The first-order valence-corrected chi connectivity index (χ1v) is 6.38. The summed E-state index contributed by atoms with van der Waals surface area (Å²) in [5, 5.41) is 0. The summed E-state index contributed by atoms with van der Waals surface area (Å²) in [7, 11) is 1.77. The molecular formula is C10H13Br2NO2. The zero-order chi connectivity index (χ0) is 11.4. The van der Waals surface area contributed by atoms with Crippen LogP contribution in [0.15, 0.2) is 21.2 Å². The van der Waals surface area contributed by atoms with Crippen LogP contribution in [-0.2, 0) is 11.3 Å². The van der Waals surface area contributed by atoms with Crippen LogP contribution in [0.2, 0.25) is 0 Å². The Balaban J connectivity index is 2.55. The molecule has 0 saturated carbocycles. The highest BCUT2D eigenvalue weighted by Gasteiger charge is 2.18. The van der Waals surface area contributed by atoms with Crippen molar-refractivity contribution in [3.63, 3.8) is 0 Å². The maximum Gasteiger partial charge on any atom is 0.236 e. The number of hydrogen-bond donors (Lipinski definition) is 0. The van der Waals surface area contributed by atoms with Crippen LogP contribution in [0.4, 0.5) is 0 Å². The standard InChI is InChI=1S/C10H13Br2NO2/c1-3-8(11)10(14)13(2)6-7-4-5-9(12)15-7/h4-5,8H,3,6H2,1-2H3. The number of furan rings is 1. The van der Waals surface area contributed by atoms with Gasteiger partial charge in [0.1, 0.15) is 5.76 Å². The summed E-state index contributed by atoms with van der Waals surface area (Å²) >= 11 is 6.55. The summed E-state index contributed by atoms with van der Waals surface area (Å²) in [4.78, 5) is 13.2. The Kier molecular flexibility index (Phi) is 4.86. The van der Waals surface area contributed by atoms with Crippen LogP contribution in [0, 0.1) is 0 Å². The number of hydrogen-bond acceptors (Lipinski definition) is 2. The first-order chi connectivity index (χ1) is 7.04. The summed E-state index contributed by atoms with van der Waals surface area (Å²) in [6.07, 6.45) is 0.783. The van der Waals surface area contributed by atoms with Crippen molar-refractivity contribution in [2.45, 2.75) is 24.7 Å². The second-order valence-electron chi connectivity index (χ2n) is 3.28. The van der Waals surface area contributed by atoms with Crippen molar-refractivity contribution in [1.82, 2.24) is 4.90 Å². The van der Waals surface area contributed by atoms with E-state index in [2.05, 4.69) is 31.9 Å². The lowest BCUT2D eigenvalue weighted by Gasteiger charge is -2.18. The number of nitrogens with zero attached hydrogens (tertiary/aromatic N) is 1. The second kappa shape index (κ2) is 5.70. The van der Waals surface area contributed by atoms with E-state index in [1.807, 2.05) is 19.1 Å². The maximum atomic E-state index is 11.7. The molecule has 0 spiro atoms. The Labute approximate surface area is 106 Å². The molecule has 1 aromatic heterocycles. The van der Waals surface area contributed by atoms with E-state index in [1.54, 1.807) is 11.9 Å². The van der Waals surface area contributed by atoms with Gasteiger partial charge < -0.3 is 9.32 Å². The number of carbonyl (C=O) groups excluding carboxylic acids is 1. The summed E-state index contributed by atoms with van der Waals surface area (Å²) in [6.45, 7) is 2.46. The molecule has 0 aliphatic rings. The van der Waals surface area contributed by atoms with E-state index in [0.717, 1.165) is 12.2 Å². The molecule has 1 atom stereocenters. The number of rotatable bonds is 4. The molecular weight excluding hydrogens is 326 g/mol. The predicted molar refractivity (Wildman–Crippen MR) is 65.9 cm³/mol. The minimum Gasteiger partial charge on any atom is -0.452 e. The van der Waals surface area contributed by atoms with Gasteiger partial charge >= 0.3 is 0 Å². The van der Waals surface area contributed by atoms with Gasteiger partial charge in [0.25, 0.3) is 0 Å². The summed E-state index contributed by atoms with van der Waals surface area (Å²) in [5.41, 5.74) is 0. The zero-order valence-electron chi connectivity index (χ0n) is 8.67. The van der Waals surface area contributed by atoms with E-state index in [9.17, 15) is 4.79 Å². The Bertz CT molecular complexity index is 338. The molecule has 0 radical (unpaired) electrons. The minimum absolute atomic E-state index is 0.0741. The van der Waals surface area contributed by atoms with Gasteiger partial charge in [0.15, 0.2) is 4.67 Å². The van der Waals surface area contributed by atoms with Gasteiger partial charge in [-0.25, -0.2) is 0 Å². The molecule has 0 aromatic carbocycles. The fourth-order valence-electron chi connectivity index (χ4n) is 1.16. The average Bonchev–Trinajstić information content (AvgIpc) is 2.61. The molecule has 0 saturated heterocycles. The third-order valence-corrected chi connectivity index (χ3v) is 3.49. The lowest BCUT2D eigenvalue weighted by Crippen LogP contribution is -2.32. The third-order valence-electron chi connectivity index (χ3n) is 2.02. The normalized spacial score (nSPS) is 12.5. The van der Waals surface area contributed by atoms with Crippen molar-refractivity contribution >= 4 is 37.8 Å². The highest BCUT2D eigenvalue weighted by molar-refractivity contribution is 9.10. The molecule has 1 aromatic rings. The summed E-state index contributed by atoms with van der Waals surface area (Å²) in [6, 6.07) is 3.67. The first kappa shape index (κ1) is 12.8. The largest absolute Gasteiger partial charge is 0.452 e. The van der Waals surface area contributed by atoms with Crippen LogP contribution in [0.3, 0.4) is 0 Å². The van der Waals surface area contributed by atoms with Crippen LogP contribution in [0.1, 0.15) is 19.1 Å². The smallest absolute Gasteiger partial charge is 0.236 e. The Morgan fingerprint density at radius 1 is 1.60 bits per heavy atom. The average molecular weight is 339 g/mol. The fraction of sp³-hybridized carbons (Fsp3) is 0.500. The van der Waals surface area contributed by atoms with E-state index >= 15 is 0 Å². The molecule has 15 heavy (non-hydrogen) atoms. The highest BCUT2D eigenvalue weighted by Crippen LogP contribution is 2.16. The van der Waals surface area contributed by atoms with Crippen LogP contribution < -0.4 is 0 Å². The summed E-state index contributed by atoms with van der Waals surface area (Å²) in [5.74, 6) is 0.846. The van der Waals surface area contributed by atoms with Crippen LogP contribution >= 0.6 is 31.9 Å². The molecule has 1 amide bonds. The topological polar surface area (TPSA) is 33.5 Å². The molecule has 5 heteroatoms. The molecule has 1 heterocycles. The van der Waals surface area contributed by atoms with Crippen molar-refractivity contribution in [2.75, 3.05) is 7.05 Å². The Hall–Kier alpha value is -0.290. The lowest BCUT2D eigenvalue weighted by molar-refractivity contribution is -0.129.